The molecule has 0 bridgehead atoms. The van der Waals surface area contributed by atoms with E-state index in [1.54, 1.807) is 0 Å². The molecule has 1 rings (SSSR count). The lowest BCUT2D eigenvalue weighted by Crippen LogP contribution is -2.20. The summed E-state index contributed by atoms with van der Waals surface area (Å²) in [5.74, 6) is -0.674. The van der Waals surface area contributed by atoms with Crippen molar-refractivity contribution in [1.29, 1.82) is 0 Å². The standard InChI is InChI=1S/C10H12ClFO3/c11-6-1-2-7(8(12)5-6)10(15)9(14)3-4-13/h1-2,5,9-10,13-15H,3-4H2. The first-order chi connectivity index (χ1) is 7.06. The van der Waals surface area contributed by atoms with E-state index in [1.807, 2.05) is 0 Å². The molecule has 2 unspecified atom stereocenters. The van der Waals surface area contributed by atoms with Crippen molar-refractivity contribution in [2.45, 2.75) is 18.6 Å². The molecule has 0 aliphatic rings. The Morgan fingerprint density at radius 2 is 2.00 bits per heavy atom. The van der Waals surface area contributed by atoms with Crippen molar-refractivity contribution in [3.8, 4) is 0 Å². The topological polar surface area (TPSA) is 60.7 Å². The zero-order chi connectivity index (χ0) is 11.4. The molecule has 1 aromatic rings. The maximum Gasteiger partial charge on any atom is 0.130 e. The van der Waals surface area contributed by atoms with E-state index in [2.05, 4.69) is 0 Å². The average Bonchev–Trinajstić information content (AvgIpc) is 2.17. The highest BCUT2D eigenvalue weighted by atomic mass is 35.5. The van der Waals surface area contributed by atoms with Gasteiger partial charge in [-0.1, -0.05) is 17.7 Å². The maximum atomic E-state index is 13.3. The summed E-state index contributed by atoms with van der Waals surface area (Å²) in [4.78, 5) is 0. The van der Waals surface area contributed by atoms with Gasteiger partial charge in [-0.15, -0.1) is 0 Å². The summed E-state index contributed by atoms with van der Waals surface area (Å²) in [6, 6.07) is 3.80. The first-order valence-electron chi connectivity index (χ1n) is 4.48. The van der Waals surface area contributed by atoms with Crippen molar-refractivity contribution in [3.63, 3.8) is 0 Å². The zero-order valence-corrected chi connectivity index (χ0v) is 8.65. The first-order valence-corrected chi connectivity index (χ1v) is 4.86. The zero-order valence-electron chi connectivity index (χ0n) is 7.90. The van der Waals surface area contributed by atoms with Gasteiger partial charge in [0.15, 0.2) is 0 Å². The van der Waals surface area contributed by atoms with Gasteiger partial charge in [0, 0.05) is 17.2 Å². The molecule has 0 heterocycles. The van der Waals surface area contributed by atoms with Crippen molar-refractivity contribution in [1.82, 2.24) is 0 Å². The molecule has 2 atom stereocenters. The van der Waals surface area contributed by atoms with Crippen LogP contribution in [0.2, 0.25) is 5.02 Å². The largest absolute Gasteiger partial charge is 0.396 e. The minimum absolute atomic E-state index is 0.0107. The second-order valence-electron chi connectivity index (χ2n) is 3.19. The van der Waals surface area contributed by atoms with Crippen LogP contribution in [0.15, 0.2) is 18.2 Å². The highest BCUT2D eigenvalue weighted by molar-refractivity contribution is 6.30. The van der Waals surface area contributed by atoms with E-state index in [0.29, 0.717) is 0 Å². The van der Waals surface area contributed by atoms with Gasteiger partial charge in [0.25, 0.3) is 0 Å². The molecule has 3 N–H and O–H groups in total. The van der Waals surface area contributed by atoms with Crippen molar-refractivity contribution in [2.75, 3.05) is 6.61 Å². The van der Waals surface area contributed by atoms with Gasteiger partial charge in [0.1, 0.15) is 11.9 Å². The molecule has 0 radical (unpaired) electrons. The lowest BCUT2D eigenvalue weighted by molar-refractivity contribution is 0.00236. The van der Waals surface area contributed by atoms with Crippen LogP contribution in [0.25, 0.3) is 0 Å². The quantitative estimate of drug-likeness (QED) is 0.735. The highest BCUT2D eigenvalue weighted by Crippen LogP contribution is 2.24. The van der Waals surface area contributed by atoms with Crippen LogP contribution in [0.3, 0.4) is 0 Å². The molecule has 0 aliphatic carbocycles. The van der Waals surface area contributed by atoms with Crippen LogP contribution < -0.4 is 0 Å². The summed E-state index contributed by atoms with van der Waals surface area (Å²) in [6.07, 6.45) is -2.55. The van der Waals surface area contributed by atoms with Gasteiger partial charge in [-0.3, -0.25) is 0 Å². The summed E-state index contributed by atoms with van der Waals surface area (Å²) in [5, 5.41) is 27.7. The molecule has 84 valence electrons. The number of hydrogen-bond acceptors (Lipinski definition) is 3. The monoisotopic (exact) mass is 234 g/mol. The van der Waals surface area contributed by atoms with E-state index >= 15 is 0 Å². The first kappa shape index (κ1) is 12.4. The molecule has 1 aromatic carbocycles. The molecule has 3 nitrogen and oxygen atoms in total. The summed E-state index contributed by atoms with van der Waals surface area (Å²) in [7, 11) is 0. The van der Waals surface area contributed by atoms with Gasteiger partial charge < -0.3 is 15.3 Å². The van der Waals surface area contributed by atoms with Crippen LogP contribution in [-0.4, -0.2) is 28.0 Å². The molecule has 0 amide bonds. The molecule has 0 aliphatic heterocycles. The van der Waals surface area contributed by atoms with Gasteiger partial charge in [0.05, 0.1) is 6.10 Å². The number of aliphatic hydroxyl groups excluding tert-OH is 3. The summed E-state index contributed by atoms with van der Waals surface area (Å²) >= 11 is 5.54. The van der Waals surface area contributed by atoms with E-state index in [9.17, 15) is 14.6 Å². The second kappa shape index (κ2) is 5.42. The Morgan fingerprint density at radius 3 is 2.53 bits per heavy atom. The molecule has 0 saturated heterocycles. The molecule has 0 fully saturated rings. The minimum Gasteiger partial charge on any atom is -0.396 e. The fourth-order valence-electron chi connectivity index (χ4n) is 1.24. The van der Waals surface area contributed by atoms with E-state index in [0.717, 1.165) is 6.07 Å². The van der Waals surface area contributed by atoms with Gasteiger partial charge in [-0.05, 0) is 18.6 Å². The van der Waals surface area contributed by atoms with E-state index in [-0.39, 0.29) is 23.6 Å². The van der Waals surface area contributed by atoms with Crippen molar-refractivity contribution < 1.29 is 19.7 Å². The number of halogens is 2. The Hall–Kier alpha value is -0.680. The predicted molar refractivity (Wildman–Crippen MR) is 54.1 cm³/mol. The van der Waals surface area contributed by atoms with Crippen molar-refractivity contribution >= 4 is 11.6 Å². The Kier molecular flexibility index (Phi) is 4.47. The molecule has 5 heteroatoms. The van der Waals surface area contributed by atoms with Gasteiger partial charge in [-0.2, -0.15) is 0 Å². The van der Waals surface area contributed by atoms with Crippen LogP contribution in [0.4, 0.5) is 4.39 Å². The third kappa shape index (κ3) is 3.14. The van der Waals surface area contributed by atoms with E-state index in [4.69, 9.17) is 16.7 Å². The highest BCUT2D eigenvalue weighted by Gasteiger charge is 2.20. The lowest BCUT2D eigenvalue weighted by Gasteiger charge is -2.17. The fraction of sp³-hybridized carbons (Fsp3) is 0.400. The maximum absolute atomic E-state index is 13.3. The SMILES string of the molecule is OCCC(O)C(O)c1ccc(Cl)cc1F. The molecule has 0 saturated carbocycles. The van der Waals surface area contributed by atoms with Crippen molar-refractivity contribution in [3.05, 3.63) is 34.6 Å². The number of benzene rings is 1. The number of aliphatic hydroxyl groups is 3. The molecular formula is C10H12ClFO3. The minimum atomic E-state index is -1.35. The third-order valence-electron chi connectivity index (χ3n) is 2.07. The Labute approximate surface area is 91.7 Å². The van der Waals surface area contributed by atoms with Crippen LogP contribution in [0.1, 0.15) is 18.1 Å². The summed E-state index contributed by atoms with van der Waals surface area (Å²) in [6.45, 7) is -0.270. The second-order valence-corrected chi connectivity index (χ2v) is 3.63. The number of hydrogen-bond donors (Lipinski definition) is 3. The van der Waals surface area contributed by atoms with E-state index < -0.39 is 18.0 Å². The molecule has 0 aromatic heterocycles. The summed E-state index contributed by atoms with van der Waals surface area (Å²) < 4.78 is 13.3. The Balaban J connectivity index is 2.86. The van der Waals surface area contributed by atoms with E-state index in [1.165, 1.54) is 12.1 Å². The molecule has 15 heavy (non-hydrogen) atoms. The lowest BCUT2D eigenvalue weighted by atomic mass is 10.0. The van der Waals surface area contributed by atoms with Crippen molar-refractivity contribution in [2.24, 2.45) is 0 Å². The van der Waals surface area contributed by atoms with Crippen LogP contribution in [0, 0.1) is 5.82 Å². The normalized spacial score (nSPS) is 15.0. The predicted octanol–water partition coefficient (Wildman–Crippen LogP) is 1.26. The Bertz CT molecular complexity index is 332. The fourth-order valence-corrected chi connectivity index (χ4v) is 1.40. The average molecular weight is 235 g/mol. The van der Waals surface area contributed by atoms with Crippen LogP contribution in [0.5, 0.6) is 0 Å². The van der Waals surface area contributed by atoms with Crippen LogP contribution >= 0.6 is 11.6 Å². The smallest absolute Gasteiger partial charge is 0.130 e. The Morgan fingerprint density at radius 1 is 1.33 bits per heavy atom. The van der Waals surface area contributed by atoms with Gasteiger partial charge in [-0.25, -0.2) is 4.39 Å². The van der Waals surface area contributed by atoms with Gasteiger partial charge >= 0.3 is 0 Å². The summed E-state index contributed by atoms with van der Waals surface area (Å²) in [5.41, 5.74) is -0.0275. The molecule has 0 spiro atoms. The van der Waals surface area contributed by atoms with Crippen LogP contribution in [-0.2, 0) is 0 Å². The van der Waals surface area contributed by atoms with Gasteiger partial charge in [0.2, 0.25) is 0 Å². The molecular weight excluding hydrogens is 223 g/mol. The number of rotatable bonds is 4. The third-order valence-corrected chi connectivity index (χ3v) is 2.31.